The molecule has 0 bridgehead atoms. The number of allylic oxidation sites excluding steroid dienone is 5. The van der Waals surface area contributed by atoms with Crippen LogP contribution in [0.15, 0.2) is 83.9 Å². The van der Waals surface area contributed by atoms with Crippen LogP contribution in [0.4, 0.5) is 0 Å². The van der Waals surface area contributed by atoms with E-state index in [1.807, 2.05) is 44.4 Å². The molecule has 0 fully saturated rings. The maximum Gasteiger partial charge on any atom is 0.254 e. The average molecular weight is 342 g/mol. The van der Waals surface area contributed by atoms with Crippen LogP contribution in [-0.4, -0.2) is 35.4 Å². The highest BCUT2D eigenvalue weighted by Crippen LogP contribution is 2.13. The SMILES string of the molecule is C=C/C=C(\C=C)N(/C=[N+](\C(=C)N=C)C1C=CC=CC1)N=C.CC.CC. The monoisotopic (exact) mass is 341 g/mol. The van der Waals surface area contributed by atoms with Gasteiger partial charge in [0.25, 0.3) is 5.82 Å². The third-order valence-electron chi connectivity index (χ3n) is 2.94. The molecular weight excluding hydrogens is 308 g/mol. The fraction of sp³-hybridized carbons (Fsp3) is 0.286. The Morgan fingerprint density at radius 2 is 1.80 bits per heavy atom. The van der Waals surface area contributed by atoms with Gasteiger partial charge in [-0.3, -0.25) is 0 Å². The molecule has 0 saturated carbocycles. The molecule has 4 nitrogen and oxygen atoms in total. The number of aliphatic imine (C=N–C) groups is 1. The maximum atomic E-state index is 3.98. The van der Waals surface area contributed by atoms with E-state index in [9.17, 15) is 0 Å². The zero-order valence-electron chi connectivity index (χ0n) is 16.2. The van der Waals surface area contributed by atoms with Crippen LogP contribution >= 0.6 is 0 Å². The van der Waals surface area contributed by atoms with E-state index >= 15 is 0 Å². The second kappa shape index (κ2) is 16.1. The van der Waals surface area contributed by atoms with E-state index in [0.29, 0.717) is 5.82 Å². The molecule has 0 heterocycles. The van der Waals surface area contributed by atoms with Crippen molar-refractivity contribution in [3.05, 3.63) is 73.8 Å². The van der Waals surface area contributed by atoms with Gasteiger partial charge in [-0.2, -0.15) is 0 Å². The molecule has 0 aromatic heterocycles. The number of hydrogen-bond acceptors (Lipinski definition) is 2. The number of hydrogen-bond donors (Lipinski definition) is 0. The van der Waals surface area contributed by atoms with E-state index in [4.69, 9.17) is 0 Å². The summed E-state index contributed by atoms with van der Waals surface area (Å²) in [6, 6.07) is 0.104. The van der Waals surface area contributed by atoms with Crippen molar-refractivity contribution in [2.24, 2.45) is 10.1 Å². The lowest BCUT2D eigenvalue weighted by atomic mass is 10.1. The van der Waals surface area contributed by atoms with Gasteiger partial charge >= 0.3 is 0 Å². The van der Waals surface area contributed by atoms with E-state index in [0.717, 1.165) is 12.1 Å². The topological polar surface area (TPSA) is 31.0 Å². The van der Waals surface area contributed by atoms with Crippen LogP contribution in [0.25, 0.3) is 0 Å². The summed E-state index contributed by atoms with van der Waals surface area (Å²) in [4.78, 5) is 3.92. The minimum atomic E-state index is 0.104. The molecule has 1 aliphatic rings. The highest BCUT2D eigenvalue weighted by atomic mass is 15.5. The van der Waals surface area contributed by atoms with Gasteiger partial charge in [0, 0.05) is 13.1 Å². The molecule has 0 spiro atoms. The number of rotatable bonds is 8. The predicted octanol–water partition coefficient (Wildman–Crippen LogP) is 5.31. The normalized spacial score (nSPS) is 15.6. The first-order chi connectivity index (χ1) is 12.2. The third-order valence-corrected chi connectivity index (χ3v) is 2.94. The second-order valence-corrected chi connectivity index (χ2v) is 4.23. The maximum absolute atomic E-state index is 3.98. The molecule has 136 valence electrons. The van der Waals surface area contributed by atoms with Gasteiger partial charge in [-0.15, -0.1) is 15.1 Å². The van der Waals surface area contributed by atoms with Crippen LogP contribution in [0.2, 0.25) is 0 Å². The van der Waals surface area contributed by atoms with Gasteiger partial charge in [-0.1, -0.05) is 65.2 Å². The molecule has 0 amide bonds. The second-order valence-electron chi connectivity index (χ2n) is 4.23. The lowest BCUT2D eigenvalue weighted by Crippen LogP contribution is -2.30. The van der Waals surface area contributed by atoms with Gasteiger partial charge in [-0.25, -0.2) is 4.58 Å². The summed E-state index contributed by atoms with van der Waals surface area (Å²) in [5.74, 6) is 0.538. The summed E-state index contributed by atoms with van der Waals surface area (Å²) in [6.45, 7) is 26.5. The van der Waals surface area contributed by atoms with Crippen molar-refractivity contribution in [1.82, 2.24) is 5.01 Å². The molecule has 1 atom stereocenters. The van der Waals surface area contributed by atoms with E-state index in [1.165, 1.54) is 0 Å². The first kappa shape index (κ1) is 24.5. The summed E-state index contributed by atoms with van der Waals surface area (Å²) in [5, 5.41) is 5.58. The van der Waals surface area contributed by atoms with Gasteiger partial charge in [0.1, 0.15) is 11.7 Å². The lowest BCUT2D eigenvalue weighted by molar-refractivity contribution is -0.505. The number of hydrazone groups is 1. The minimum absolute atomic E-state index is 0.104. The van der Waals surface area contributed by atoms with Crippen LogP contribution < -0.4 is 0 Å². The van der Waals surface area contributed by atoms with Gasteiger partial charge in [0.2, 0.25) is 6.34 Å². The summed E-state index contributed by atoms with van der Waals surface area (Å²) >= 11 is 0. The van der Waals surface area contributed by atoms with Crippen molar-refractivity contribution in [3.63, 3.8) is 0 Å². The Morgan fingerprint density at radius 3 is 2.20 bits per heavy atom. The zero-order valence-corrected chi connectivity index (χ0v) is 16.2. The quantitative estimate of drug-likeness (QED) is 0.193. The van der Waals surface area contributed by atoms with Crippen molar-refractivity contribution in [2.45, 2.75) is 40.2 Å². The van der Waals surface area contributed by atoms with Crippen LogP contribution in [-0.2, 0) is 0 Å². The van der Waals surface area contributed by atoms with Crippen molar-refractivity contribution < 1.29 is 4.58 Å². The van der Waals surface area contributed by atoms with E-state index < -0.39 is 0 Å². The molecule has 0 saturated heterocycles. The first-order valence-corrected chi connectivity index (χ1v) is 8.51. The smallest absolute Gasteiger partial charge is 0.228 e. The molecule has 0 aliphatic heterocycles. The van der Waals surface area contributed by atoms with Crippen LogP contribution in [0, 0.1) is 0 Å². The fourth-order valence-corrected chi connectivity index (χ4v) is 1.86. The van der Waals surface area contributed by atoms with Crippen molar-refractivity contribution in [2.75, 3.05) is 0 Å². The van der Waals surface area contributed by atoms with E-state index in [-0.39, 0.29) is 6.04 Å². The van der Waals surface area contributed by atoms with Crippen molar-refractivity contribution >= 4 is 19.8 Å². The number of nitrogens with zero attached hydrogens (tertiary/aromatic N) is 4. The van der Waals surface area contributed by atoms with Crippen molar-refractivity contribution in [1.29, 1.82) is 0 Å². The molecule has 1 rings (SSSR count). The molecule has 25 heavy (non-hydrogen) atoms. The van der Waals surface area contributed by atoms with Gasteiger partial charge in [0.05, 0.1) is 6.72 Å². The highest BCUT2D eigenvalue weighted by molar-refractivity contribution is 5.56. The predicted molar refractivity (Wildman–Crippen MR) is 114 cm³/mol. The van der Waals surface area contributed by atoms with Crippen LogP contribution in [0.1, 0.15) is 34.1 Å². The molecule has 0 aromatic carbocycles. The summed E-state index contributed by atoms with van der Waals surface area (Å²) in [5.41, 5.74) is 0.747. The minimum Gasteiger partial charge on any atom is -0.228 e. The van der Waals surface area contributed by atoms with E-state index in [2.05, 4.69) is 55.4 Å². The fourth-order valence-electron chi connectivity index (χ4n) is 1.86. The zero-order chi connectivity index (χ0) is 19.7. The van der Waals surface area contributed by atoms with Crippen molar-refractivity contribution in [3.8, 4) is 0 Å². The molecule has 0 aromatic rings. The Morgan fingerprint density at radius 1 is 1.16 bits per heavy atom. The summed E-state index contributed by atoms with van der Waals surface area (Å²) in [7, 11) is 0. The molecule has 1 unspecified atom stereocenters. The Bertz CT molecular complexity index is 562. The summed E-state index contributed by atoms with van der Waals surface area (Å²) in [6.07, 6.45) is 15.9. The standard InChI is InChI=1S/C17H21N4.2C2H6/c1-6-11-16(7-2)21(19-5)14-20(15(3)18-4)17-12-9-8-10-13-17;2*1-2/h6-12,14,17H,1-5,13H2;2*1-2H3/q+1;;/b16-11+;;. The van der Waals surface area contributed by atoms with Crippen LogP contribution in [0.5, 0.6) is 0 Å². The van der Waals surface area contributed by atoms with Gasteiger partial charge in [-0.05, 0) is 24.8 Å². The largest absolute Gasteiger partial charge is 0.254 e. The lowest BCUT2D eigenvalue weighted by Gasteiger charge is -2.18. The third kappa shape index (κ3) is 8.61. The van der Waals surface area contributed by atoms with Crippen LogP contribution in [0.3, 0.4) is 0 Å². The first-order valence-electron chi connectivity index (χ1n) is 8.51. The highest BCUT2D eigenvalue weighted by Gasteiger charge is 2.19. The average Bonchev–Trinajstić information content (AvgIpc) is 2.70. The van der Waals surface area contributed by atoms with E-state index in [1.54, 1.807) is 29.6 Å². The van der Waals surface area contributed by atoms with Gasteiger partial charge in [0.15, 0.2) is 0 Å². The Balaban J connectivity index is 0. The Labute approximate surface area is 154 Å². The summed E-state index contributed by atoms with van der Waals surface area (Å²) < 4.78 is 1.89. The molecule has 1 aliphatic carbocycles. The van der Waals surface area contributed by atoms with Gasteiger partial charge < -0.3 is 0 Å². The Hall–Kier alpha value is -2.75. The molecule has 4 heteroatoms. The Kier molecular flexibility index (Phi) is 15.8. The molecular formula is C21H33N4+. The molecule has 0 N–H and O–H groups in total. The molecule has 0 radical (unpaired) electrons.